The topological polar surface area (TPSA) is 75.2 Å². The number of anilines is 2. The van der Waals surface area contributed by atoms with E-state index in [0.717, 1.165) is 24.9 Å². The van der Waals surface area contributed by atoms with Crippen LogP contribution in [0.1, 0.15) is 31.7 Å². The van der Waals surface area contributed by atoms with Crippen molar-refractivity contribution in [2.24, 2.45) is 5.92 Å². The molecule has 1 saturated heterocycles. The summed E-state index contributed by atoms with van der Waals surface area (Å²) in [5.74, 6) is -0.558. The summed E-state index contributed by atoms with van der Waals surface area (Å²) in [6.07, 6.45) is 3.60. The highest BCUT2D eigenvalue weighted by atomic mass is 32.1. The molecule has 0 aliphatic carbocycles. The Morgan fingerprint density at radius 1 is 1.38 bits per heavy atom. The molecule has 2 aromatic rings. The van der Waals surface area contributed by atoms with Gasteiger partial charge in [0.2, 0.25) is 16.9 Å². The number of carbonyl (C=O) groups is 2. The Labute approximate surface area is 144 Å². The van der Waals surface area contributed by atoms with E-state index in [1.807, 2.05) is 12.1 Å². The number of carbonyl (C=O) groups excluding carboxylic acids is 2. The molecule has 0 unspecified atom stereocenters. The molecule has 1 aromatic carbocycles. The van der Waals surface area contributed by atoms with Crippen molar-refractivity contribution >= 4 is 34.0 Å². The predicted molar refractivity (Wildman–Crippen MR) is 94.1 cm³/mol. The largest absolute Gasteiger partial charge is 0.312 e. The Kier molecular flexibility index (Phi) is 5.20. The van der Waals surface area contributed by atoms with Gasteiger partial charge in [-0.3, -0.25) is 9.59 Å². The van der Waals surface area contributed by atoms with Crippen molar-refractivity contribution in [3.8, 4) is 0 Å². The monoisotopic (exact) mass is 344 g/mol. The van der Waals surface area contributed by atoms with E-state index in [0.29, 0.717) is 11.7 Å². The molecule has 0 spiro atoms. The number of unbranched alkanes of at least 4 members (excludes halogenated alkanes) is 1. The Morgan fingerprint density at radius 3 is 2.83 bits per heavy atom. The first-order valence-electron chi connectivity index (χ1n) is 8.13. The number of hydrogen-bond donors (Lipinski definition) is 1. The predicted octanol–water partition coefficient (Wildman–Crippen LogP) is 2.87. The van der Waals surface area contributed by atoms with E-state index in [1.165, 1.54) is 16.9 Å². The normalized spacial score (nSPS) is 17.3. The second kappa shape index (κ2) is 7.53. The number of benzene rings is 1. The van der Waals surface area contributed by atoms with Gasteiger partial charge in [0, 0.05) is 18.7 Å². The van der Waals surface area contributed by atoms with Crippen molar-refractivity contribution in [2.75, 3.05) is 16.8 Å². The van der Waals surface area contributed by atoms with Gasteiger partial charge < -0.3 is 10.2 Å². The van der Waals surface area contributed by atoms with Gasteiger partial charge in [-0.05, 0) is 30.5 Å². The molecule has 2 amide bonds. The zero-order valence-corrected chi connectivity index (χ0v) is 14.4. The minimum Gasteiger partial charge on any atom is -0.312 e. The molecule has 0 saturated carbocycles. The van der Waals surface area contributed by atoms with Gasteiger partial charge in [-0.1, -0.05) is 36.8 Å². The first kappa shape index (κ1) is 16.6. The fourth-order valence-electron chi connectivity index (χ4n) is 2.79. The van der Waals surface area contributed by atoms with Crippen LogP contribution < -0.4 is 10.2 Å². The molecule has 1 aromatic heterocycles. The summed E-state index contributed by atoms with van der Waals surface area (Å²) in [5, 5.41) is 10.7. The quantitative estimate of drug-likeness (QED) is 0.874. The minimum absolute atomic E-state index is 0.0197. The lowest BCUT2D eigenvalue weighted by atomic mass is 10.1. The van der Waals surface area contributed by atoms with Crippen molar-refractivity contribution < 1.29 is 9.59 Å². The molecule has 3 rings (SSSR count). The van der Waals surface area contributed by atoms with Crippen LogP contribution in [0.4, 0.5) is 10.8 Å². The Morgan fingerprint density at radius 2 is 2.17 bits per heavy atom. The lowest BCUT2D eigenvalue weighted by Crippen LogP contribution is -2.28. The lowest BCUT2D eigenvalue weighted by molar-refractivity contribution is -0.122. The smallest absolute Gasteiger partial charge is 0.231 e. The Hall–Kier alpha value is -2.28. The number of nitrogens with one attached hydrogen (secondary N) is 1. The summed E-state index contributed by atoms with van der Waals surface area (Å²) >= 11 is 1.26. The van der Waals surface area contributed by atoms with E-state index in [1.54, 1.807) is 10.4 Å². The van der Waals surface area contributed by atoms with Gasteiger partial charge >= 0.3 is 0 Å². The zero-order chi connectivity index (χ0) is 16.9. The van der Waals surface area contributed by atoms with E-state index in [4.69, 9.17) is 0 Å². The molecule has 2 heterocycles. The average molecular weight is 344 g/mol. The molecule has 126 valence electrons. The summed E-state index contributed by atoms with van der Waals surface area (Å²) < 4.78 is 0. The van der Waals surface area contributed by atoms with Crippen LogP contribution in [0.2, 0.25) is 0 Å². The second-order valence-electron chi connectivity index (χ2n) is 5.91. The molecule has 1 fully saturated rings. The van der Waals surface area contributed by atoms with E-state index in [-0.39, 0.29) is 24.2 Å². The number of aromatic nitrogens is 2. The third kappa shape index (κ3) is 3.79. The molecule has 1 aliphatic rings. The van der Waals surface area contributed by atoms with Crippen molar-refractivity contribution in [1.82, 2.24) is 10.2 Å². The third-order valence-corrected chi connectivity index (χ3v) is 4.76. The molecule has 1 N–H and O–H groups in total. The van der Waals surface area contributed by atoms with E-state index >= 15 is 0 Å². The fourth-order valence-corrected chi connectivity index (χ4v) is 3.24. The van der Waals surface area contributed by atoms with Gasteiger partial charge in [-0.2, -0.15) is 0 Å². The highest BCUT2D eigenvalue weighted by Crippen LogP contribution is 2.26. The molecular weight excluding hydrogens is 324 g/mol. The van der Waals surface area contributed by atoms with Crippen LogP contribution in [0.25, 0.3) is 0 Å². The van der Waals surface area contributed by atoms with Crippen molar-refractivity contribution in [3.63, 3.8) is 0 Å². The highest BCUT2D eigenvalue weighted by molar-refractivity contribution is 7.13. The van der Waals surface area contributed by atoms with Gasteiger partial charge in [0.25, 0.3) is 0 Å². The van der Waals surface area contributed by atoms with E-state index < -0.39 is 0 Å². The molecule has 0 radical (unpaired) electrons. The Balaban J connectivity index is 1.63. The maximum Gasteiger partial charge on any atom is 0.231 e. The van der Waals surface area contributed by atoms with Crippen molar-refractivity contribution in [1.29, 1.82) is 0 Å². The standard InChI is InChI=1S/C17H20N4O2S/c1-2-3-4-12-5-7-14(8-6-12)21-10-13(9-15(21)22)16(23)19-17-20-18-11-24-17/h5-8,11,13H,2-4,9-10H2,1H3,(H,19,20,23)/t13-/m1/s1. The van der Waals surface area contributed by atoms with Gasteiger partial charge in [0.1, 0.15) is 5.51 Å². The third-order valence-electron chi connectivity index (χ3n) is 4.15. The SMILES string of the molecule is CCCCc1ccc(N2C[C@H](C(=O)Nc3nncs3)CC2=O)cc1. The first-order chi connectivity index (χ1) is 11.7. The maximum absolute atomic E-state index is 12.3. The molecule has 7 heteroatoms. The van der Waals surface area contributed by atoms with Crippen molar-refractivity contribution in [3.05, 3.63) is 35.3 Å². The molecule has 6 nitrogen and oxygen atoms in total. The summed E-state index contributed by atoms with van der Waals surface area (Å²) in [6, 6.07) is 8.06. The number of aryl methyl sites for hydroxylation is 1. The fraction of sp³-hybridized carbons (Fsp3) is 0.412. The van der Waals surface area contributed by atoms with Crippen LogP contribution in [0.5, 0.6) is 0 Å². The van der Waals surface area contributed by atoms with Crippen LogP contribution >= 0.6 is 11.3 Å². The zero-order valence-electron chi connectivity index (χ0n) is 13.6. The van der Waals surface area contributed by atoms with Gasteiger partial charge in [0.05, 0.1) is 5.92 Å². The Bertz CT molecular complexity index is 700. The number of nitrogens with zero attached hydrogens (tertiary/aromatic N) is 3. The van der Waals surface area contributed by atoms with E-state index in [2.05, 4.69) is 34.6 Å². The highest BCUT2D eigenvalue weighted by Gasteiger charge is 2.35. The number of hydrogen-bond acceptors (Lipinski definition) is 5. The van der Waals surface area contributed by atoms with Crippen LogP contribution in [0, 0.1) is 5.92 Å². The van der Waals surface area contributed by atoms with Crippen LogP contribution in [-0.4, -0.2) is 28.6 Å². The molecular formula is C17H20N4O2S. The van der Waals surface area contributed by atoms with Gasteiger partial charge in [-0.15, -0.1) is 10.2 Å². The molecule has 0 bridgehead atoms. The molecule has 1 aliphatic heterocycles. The maximum atomic E-state index is 12.3. The first-order valence-corrected chi connectivity index (χ1v) is 9.01. The van der Waals surface area contributed by atoms with Crippen molar-refractivity contribution in [2.45, 2.75) is 32.6 Å². The second-order valence-corrected chi connectivity index (χ2v) is 6.74. The van der Waals surface area contributed by atoms with Crippen LogP contribution in [-0.2, 0) is 16.0 Å². The molecule has 1 atom stereocenters. The van der Waals surface area contributed by atoms with Crippen LogP contribution in [0.15, 0.2) is 29.8 Å². The van der Waals surface area contributed by atoms with Crippen LogP contribution in [0.3, 0.4) is 0 Å². The number of rotatable bonds is 6. The van der Waals surface area contributed by atoms with E-state index in [9.17, 15) is 9.59 Å². The summed E-state index contributed by atoms with van der Waals surface area (Å²) in [7, 11) is 0. The summed E-state index contributed by atoms with van der Waals surface area (Å²) in [5.41, 5.74) is 3.69. The van der Waals surface area contributed by atoms with Gasteiger partial charge in [0.15, 0.2) is 0 Å². The summed E-state index contributed by atoms with van der Waals surface area (Å²) in [4.78, 5) is 26.2. The summed E-state index contributed by atoms with van der Waals surface area (Å²) in [6.45, 7) is 2.57. The molecule has 24 heavy (non-hydrogen) atoms. The number of amides is 2. The van der Waals surface area contributed by atoms with Gasteiger partial charge in [-0.25, -0.2) is 0 Å². The minimum atomic E-state index is -0.360. The average Bonchev–Trinajstić information content (AvgIpc) is 3.23. The lowest BCUT2D eigenvalue weighted by Gasteiger charge is -2.17.